The van der Waals surface area contributed by atoms with E-state index >= 15 is 0 Å². The molecule has 0 amide bonds. The van der Waals surface area contributed by atoms with Crippen LogP contribution in [0.4, 0.5) is 5.69 Å². The van der Waals surface area contributed by atoms with Crippen molar-refractivity contribution < 1.29 is 0 Å². The number of nitrogens with two attached hydrogens (primary N) is 1. The Morgan fingerprint density at radius 1 is 0.271 bits per heavy atom. The monoisotopic (exact) mass is 756 g/mol. The maximum atomic E-state index is 6.42. The van der Waals surface area contributed by atoms with Gasteiger partial charge in [-0.05, 0) is 46.0 Å². The van der Waals surface area contributed by atoms with Crippen LogP contribution in [0.15, 0.2) is 206 Å². The highest BCUT2D eigenvalue weighted by Crippen LogP contribution is 2.42. The average molecular weight is 757 g/mol. The number of nitrogen functional groups attached to an aromatic ring is 1. The summed E-state index contributed by atoms with van der Waals surface area (Å²) in [5, 5.41) is 0.989. The van der Waals surface area contributed by atoms with Gasteiger partial charge in [0.25, 0.3) is 0 Å². The molecule has 0 radical (unpaired) electrons. The van der Waals surface area contributed by atoms with Gasteiger partial charge < -0.3 is 5.73 Å². The first-order valence-corrected chi connectivity index (χ1v) is 19.6. The first kappa shape index (κ1) is 35.3. The van der Waals surface area contributed by atoms with Crippen LogP contribution < -0.4 is 5.73 Å². The van der Waals surface area contributed by atoms with Gasteiger partial charge in [-0.3, -0.25) is 0 Å². The van der Waals surface area contributed by atoms with E-state index in [9.17, 15) is 0 Å². The van der Waals surface area contributed by atoms with Crippen LogP contribution in [-0.4, -0.2) is 24.9 Å². The lowest BCUT2D eigenvalue weighted by Gasteiger charge is -2.18. The fourth-order valence-electron chi connectivity index (χ4n) is 7.72. The molecule has 59 heavy (non-hydrogen) atoms. The van der Waals surface area contributed by atoms with Crippen molar-refractivity contribution in [2.24, 2.45) is 0 Å². The van der Waals surface area contributed by atoms with Crippen LogP contribution in [0.3, 0.4) is 0 Å². The minimum absolute atomic E-state index is 0.573. The van der Waals surface area contributed by atoms with Gasteiger partial charge in [0.15, 0.2) is 23.3 Å². The maximum Gasteiger partial charge on any atom is 0.164 e. The number of para-hydroxylation sites is 2. The molecule has 0 saturated carbocycles. The summed E-state index contributed by atoms with van der Waals surface area (Å²) in [6.07, 6.45) is 0. The van der Waals surface area contributed by atoms with Gasteiger partial charge in [-0.1, -0.05) is 188 Å². The summed E-state index contributed by atoms with van der Waals surface area (Å²) in [5.41, 5.74) is 19.6. The Hall–Kier alpha value is -8.09. The molecule has 6 nitrogen and oxygen atoms in total. The van der Waals surface area contributed by atoms with Crippen molar-refractivity contribution in [3.8, 4) is 90.2 Å². The summed E-state index contributed by atoms with van der Waals surface area (Å²) < 4.78 is 0. The average Bonchev–Trinajstić information content (AvgIpc) is 3.32. The van der Waals surface area contributed by atoms with E-state index in [0.717, 1.165) is 77.8 Å². The molecule has 0 atom stereocenters. The molecule has 0 unspecified atom stereocenters. The molecule has 0 aliphatic heterocycles. The fourth-order valence-corrected chi connectivity index (χ4v) is 7.72. The molecule has 6 heteroatoms. The summed E-state index contributed by atoms with van der Waals surface area (Å²) in [7, 11) is 0. The van der Waals surface area contributed by atoms with Gasteiger partial charge in [-0.15, -0.1) is 0 Å². The SMILES string of the molecule is Nc1ccccc1-c1cccc(-c2nc(-c3ccccc3)nc(-c3ccccc3-c3ccccc3-c3ccccc3-c3nc(-c4ccccc4)nc4ccccc34)n2)c1. The topological polar surface area (TPSA) is 90.5 Å². The number of nitrogens with zero attached hydrogens (tertiary/aromatic N) is 5. The zero-order valence-corrected chi connectivity index (χ0v) is 31.9. The van der Waals surface area contributed by atoms with Crippen LogP contribution in [0.25, 0.3) is 101 Å². The lowest BCUT2D eigenvalue weighted by Crippen LogP contribution is -2.01. The van der Waals surface area contributed by atoms with Gasteiger partial charge in [0.05, 0.1) is 11.2 Å². The van der Waals surface area contributed by atoms with Crippen LogP contribution in [0.1, 0.15) is 0 Å². The van der Waals surface area contributed by atoms with Crippen LogP contribution in [0, 0.1) is 0 Å². The number of aromatic nitrogens is 5. The Bertz CT molecular complexity index is 3130. The molecule has 0 fully saturated rings. The molecule has 0 aliphatic rings. The maximum absolute atomic E-state index is 6.42. The Labute approximate surface area is 342 Å². The van der Waals surface area contributed by atoms with Gasteiger partial charge >= 0.3 is 0 Å². The van der Waals surface area contributed by atoms with Gasteiger partial charge in [0, 0.05) is 44.5 Å². The standard InChI is InChI=1S/C53H36N6/c54-47-32-15-13-24-39(47)37-22-17-23-38(34-37)52-57-51(36-20-5-2-6-21-36)58-53(59-52)45-30-12-10-28-43(45)41-26-8-7-25-40(41)42-27-9-11-29-44(42)49-46-31-14-16-33-48(46)55-50(56-49)35-18-3-1-4-19-35/h1-34H,54H2. The smallest absolute Gasteiger partial charge is 0.164 e. The molecule has 0 spiro atoms. The summed E-state index contributed by atoms with van der Waals surface area (Å²) in [6.45, 7) is 0. The summed E-state index contributed by atoms with van der Waals surface area (Å²) in [6, 6.07) is 69.9. The Kier molecular flexibility index (Phi) is 9.25. The zero-order valence-electron chi connectivity index (χ0n) is 31.9. The molecule has 10 rings (SSSR count). The zero-order chi connectivity index (χ0) is 39.5. The third kappa shape index (κ3) is 6.89. The van der Waals surface area contributed by atoms with E-state index in [2.05, 4.69) is 103 Å². The minimum atomic E-state index is 0.573. The number of fused-ring (bicyclic) bond motifs is 1. The Balaban J connectivity index is 1.15. The molecule has 10 aromatic rings. The van der Waals surface area contributed by atoms with Gasteiger partial charge in [0.2, 0.25) is 0 Å². The van der Waals surface area contributed by atoms with Crippen molar-refractivity contribution in [1.29, 1.82) is 0 Å². The first-order chi connectivity index (χ1) is 29.2. The highest BCUT2D eigenvalue weighted by Gasteiger charge is 2.21. The van der Waals surface area contributed by atoms with Gasteiger partial charge in [-0.25, -0.2) is 24.9 Å². The molecule has 2 aromatic heterocycles. The van der Waals surface area contributed by atoms with E-state index in [-0.39, 0.29) is 0 Å². The second-order valence-corrected chi connectivity index (χ2v) is 14.3. The summed E-state index contributed by atoms with van der Waals surface area (Å²) >= 11 is 0. The van der Waals surface area contributed by atoms with Crippen molar-refractivity contribution in [1.82, 2.24) is 24.9 Å². The highest BCUT2D eigenvalue weighted by molar-refractivity contribution is 6.01. The Morgan fingerprint density at radius 2 is 0.695 bits per heavy atom. The lowest BCUT2D eigenvalue weighted by atomic mass is 9.88. The van der Waals surface area contributed by atoms with Crippen LogP contribution in [0.5, 0.6) is 0 Å². The van der Waals surface area contributed by atoms with Crippen molar-refractivity contribution >= 4 is 16.6 Å². The van der Waals surface area contributed by atoms with E-state index in [0.29, 0.717) is 29.0 Å². The third-order valence-electron chi connectivity index (χ3n) is 10.6. The first-order valence-electron chi connectivity index (χ1n) is 19.6. The molecule has 2 N–H and O–H groups in total. The highest BCUT2D eigenvalue weighted by atomic mass is 15.0. The molecule has 0 saturated heterocycles. The molecule has 2 heterocycles. The van der Waals surface area contributed by atoms with Crippen LogP contribution in [0.2, 0.25) is 0 Å². The van der Waals surface area contributed by atoms with Gasteiger partial charge in [0.1, 0.15) is 0 Å². The Morgan fingerprint density at radius 3 is 1.34 bits per heavy atom. The van der Waals surface area contributed by atoms with E-state index in [1.165, 1.54) is 0 Å². The number of benzene rings is 8. The fraction of sp³-hybridized carbons (Fsp3) is 0. The van der Waals surface area contributed by atoms with E-state index in [4.69, 9.17) is 30.7 Å². The molecule has 0 aliphatic carbocycles. The number of anilines is 1. The molecular weight excluding hydrogens is 721 g/mol. The second kappa shape index (κ2) is 15.4. The van der Waals surface area contributed by atoms with Crippen molar-refractivity contribution in [2.45, 2.75) is 0 Å². The van der Waals surface area contributed by atoms with Gasteiger partial charge in [-0.2, -0.15) is 0 Å². The quantitative estimate of drug-likeness (QED) is 0.155. The van der Waals surface area contributed by atoms with Crippen molar-refractivity contribution in [2.75, 3.05) is 5.73 Å². The largest absolute Gasteiger partial charge is 0.398 e. The van der Waals surface area contributed by atoms with Crippen LogP contribution in [-0.2, 0) is 0 Å². The second-order valence-electron chi connectivity index (χ2n) is 14.3. The number of hydrogen-bond donors (Lipinski definition) is 1. The van der Waals surface area contributed by atoms with E-state index in [1.54, 1.807) is 0 Å². The molecule has 278 valence electrons. The summed E-state index contributed by atoms with van der Waals surface area (Å²) in [4.78, 5) is 25.7. The third-order valence-corrected chi connectivity index (χ3v) is 10.6. The van der Waals surface area contributed by atoms with Crippen LogP contribution >= 0.6 is 0 Å². The number of rotatable bonds is 8. The van der Waals surface area contributed by atoms with E-state index < -0.39 is 0 Å². The molecule has 8 aromatic carbocycles. The van der Waals surface area contributed by atoms with E-state index in [1.807, 2.05) is 103 Å². The minimum Gasteiger partial charge on any atom is -0.398 e. The number of hydrogen-bond acceptors (Lipinski definition) is 6. The predicted octanol–water partition coefficient (Wildman–Crippen LogP) is 12.7. The van der Waals surface area contributed by atoms with Crippen molar-refractivity contribution in [3.63, 3.8) is 0 Å². The molecule has 0 bridgehead atoms. The normalized spacial score (nSPS) is 11.1. The van der Waals surface area contributed by atoms with Crippen molar-refractivity contribution in [3.05, 3.63) is 206 Å². The lowest BCUT2D eigenvalue weighted by molar-refractivity contribution is 1.07. The summed E-state index contributed by atoms with van der Waals surface area (Å²) in [5.74, 6) is 2.42. The predicted molar refractivity (Wildman–Crippen MR) is 241 cm³/mol. The molecular formula is C53H36N6.